The molecule has 6 nitrogen and oxygen atoms in total. The van der Waals surface area contributed by atoms with Gasteiger partial charge in [0.25, 0.3) is 11.3 Å². The van der Waals surface area contributed by atoms with E-state index >= 15 is 0 Å². The van der Waals surface area contributed by atoms with Crippen molar-refractivity contribution >= 4 is 23.3 Å². The highest BCUT2D eigenvalue weighted by Crippen LogP contribution is 2.08. The number of aromatic nitrogens is 4. The molecule has 0 spiro atoms. The van der Waals surface area contributed by atoms with E-state index in [2.05, 4.69) is 15.1 Å². The summed E-state index contributed by atoms with van der Waals surface area (Å²) in [7, 11) is 0. The van der Waals surface area contributed by atoms with Gasteiger partial charge < -0.3 is 4.90 Å². The number of fused-ring (bicyclic) bond motifs is 1. The van der Waals surface area contributed by atoms with E-state index in [0.717, 1.165) is 13.1 Å². The third kappa shape index (κ3) is 2.12. The Kier molecular flexibility index (Phi) is 3.33. The van der Waals surface area contributed by atoms with Gasteiger partial charge in [0.15, 0.2) is 0 Å². The van der Waals surface area contributed by atoms with Gasteiger partial charge in [-0.05, 0) is 13.8 Å². The van der Waals surface area contributed by atoms with Crippen LogP contribution in [0.15, 0.2) is 10.9 Å². The summed E-state index contributed by atoms with van der Waals surface area (Å²) < 4.78 is 1.32. The first-order valence-corrected chi connectivity index (χ1v) is 6.02. The van der Waals surface area contributed by atoms with Crippen molar-refractivity contribution in [3.63, 3.8) is 0 Å². The summed E-state index contributed by atoms with van der Waals surface area (Å²) in [6, 6.07) is 1.41. The van der Waals surface area contributed by atoms with Gasteiger partial charge >= 0.3 is 0 Å². The van der Waals surface area contributed by atoms with Gasteiger partial charge in [0.2, 0.25) is 5.95 Å². The second-order valence-electron chi connectivity index (χ2n) is 3.57. The number of nitrogens with zero attached hydrogens (tertiary/aromatic N) is 4. The molecule has 0 saturated carbocycles. The van der Waals surface area contributed by atoms with Crippen molar-refractivity contribution in [1.82, 2.24) is 19.6 Å². The topological polar surface area (TPSA) is 66.3 Å². The van der Waals surface area contributed by atoms with Gasteiger partial charge in [-0.3, -0.25) is 9.89 Å². The number of anilines is 1. The lowest BCUT2D eigenvalue weighted by Crippen LogP contribution is -2.23. The fourth-order valence-electron chi connectivity index (χ4n) is 1.65. The van der Waals surface area contributed by atoms with Crippen molar-refractivity contribution in [1.29, 1.82) is 0 Å². The number of nitrogens with one attached hydrogen (secondary N) is 1. The molecule has 0 atom stereocenters. The van der Waals surface area contributed by atoms with E-state index in [1.807, 2.05) is 18.7 Å². The largest absolute Gasteiger partial charge is 0.342 e. The second-order valence-corrected chi connectivity index (χ2v) is 3.84. The number of hydrogen-bond donors (Lipinski definition) is 1. The van der Waals surface area contributed by atoms with E-state index < -0.39 is 0 Å². The third-order valence-electron chi connectivity index (χ3n) is 2.57. The molecule has 0 bridgehead atoms. The van der Waals surface area contributed by atoms with Gasteiger partial charge in [0.05, 0.1) is 11.6 Å². The van der Waals surface area contributed by atoms with Crippen LogP contribution in [0.25, 0.3) is 5.78 Å². The molecule has 0 aliphatic rings. The zero-order chi connectivity index (χ0) is 12.4. The fourth-order valence-corrected chi connectivity index (χ4v) is 1.79. The van der Waals surface area contributed by atoms with Crippen LogP contribution in [-0.2, 0) is 5.88 Å². The van der Waals surface area contributed by atoms with Crippen LogP contribution in [0.2, 0.25) is 0 Å². The summed E-state index contributed by atoms with van der Waals surface area (Å²) in [6.45, 7) is 5.68. The van der Waals surface area contributed by atoms with Crippen molar-refractivity contribution in [2.75, 3.05) is 18.0 Å². The minimum Gasteiger partial charge on any atom is -0.342 e. The van der Waals surface area contributed by atoms with Gasteiger partial charge in [-0.2, -0.15) is 9.50 Å². The number of rotatable bonds is 4. The summed E-state index contributed by atoms with van der Waals surface area (Å²) in [5.74, 6) is 1.21. The Bertz CT molecular complexity index is 572. The molecule has 0 aliphatic heterocycles. The quantitative estimate of drug-likeness (QED) is 0.828. The van der Waals surface area contributed by atoms with Crippen LogP contribution in [-0.4, -0.2) is 32.7 Å². The average Bonchev–Trinajstić information content (AvgIpc) is 2.75. The molecule has 7 heteroatoms. The lowest BCUT2D eigenvalue weighted by atomic mass is 10.4. The monoisotopic (exact) mass is 255 g/mol. The zero-order valence-electron chi connectivity index (χ0n) is 9.77. The van der Waals surface area contributed by atoms with Gasteiger partial charge in [0, 0.05) is 19.2 Å². The molecule has 0 unspecified atom stereocenters. The molecule has 2 aromatic rings. The van der Waals surface area contributed by atoms with Crippen LogP contribution in [0, 0.1) is 0 Å². The van der Waals surface area contributed by atoms with Gasteiger partial charge in [0.1, 0.15) is 0 Å². The summed E-state index contributed by atoms with van der Waals surface area (Å²) >= 11 is 5.66. The lowest BCUT2D eigenvalue weighted by molar-refractivity contribution is 0.805. The predicted molar refractivity (Wildman–Crippen MR) is 66.7 cm³/mol. The SMILES string of the molecule is CCN(CC)c1nc2nc(CCl)cc(=O)n2[nH]1. The van der Waals surface area contributed by atoms with Crippen molar-refractivity contribution in [3.05, 3.63) is 22.1 Å². The molecule has 2 rings (SSSR count). The molecule has 92 valence electrons. The normalized spacial score (nSPS) is 11.0. The minimum atomic E-state index is -0.198. The molecular weight excluding hydrogens is 242 g/mol. The van der Waals surface area contributed by atoms with E-state index in [9.17, 15) is 4.79 Å². The highest BCUT2D eigenvalue weighted by molar-refractivity contribution is 6.16. The molecule has 0 aliphatic carbocycles. The molecule has 0 amide bonds. The zero-order valence-corrected chi connectivity index (χ0v) is 10.5. The maximum atomic E-state index is 11.7. The minimum absolute atomic E-state index is 0.198. The number of hydrogen-bond acceptors (Lipinski definition) is 4. The Morgan fingerprint density at radius 1 is 1.41 bits per heavy atom. The predicted octanol–water partition coefficient (Wildman–Crippen LogP) is 1.00. The summed E-state index contributed by atoms with van der Waals surface area (Å²) in [6.07, 6.45) is 0. The smallest absolute Gasteiger partial charge is 0.274 e. The number of halogens is 1. The van der Waals surface area contributed by atoms with Crippen molar-refractivity contribution in [2.45, 2.75) is 19.7 Å². The molecule has 0 aromatic carbocycles. The van der Waals surface area contributed by atoms with Crippen molar-refractivity contribution in [3.8, 4) is 0 Å². The average molecular weight is 256 g/mol. The summed E-state index contributed by atoms with van der Waals surface area (Å²) in [5.41, 5.74) is 0.339. The number of alkyl halides is 1. The van der Waals surface area contributed by atoms with E-state index in [4.69, 9.17) is 11.6 Å². The van der Waals surface area contributed by atoms with E-state index in [1.165, 1.54) is 10.6 Å². The van der Waals surface area contributed by atoms with Crippen molar-refractivity contribution < 1.29 is 0 Å². The molecule has 2 aromatic heterocycles. The number of H-pyrrole nitrogens is 1. The maximum absolute atomic E-state index is 11.7. The van der Waals surface area contributed by atoms with Crippen molar-refractivity contribution in [2.24, 2.45) is 0 Å². The van der Waals surface area contributed by atoms with Gasteiger partial charge in [-0.25, -0.2) is 4.98 Å². The second kappa shape index (κ2) is 4.75. The van der Waals surface area contributed by atoms with E-state index in [0.29, 0.717) is 17.4 Å². The Balaban J connectivity index is 2.57. The fraction of sp³-hybridized carbons (Fsp3) is 0.500. The van der Waals surface area contributed by atoms with E-state index in [1.54, 1.807) is 0 Å². The first kappa shape index (κ1) is 11.9. The first-order valence-electron chi connectivity index (χ1n) is 5.49. The molecule has 0 fully saturated rings. The Morgan fingerprint density at radius 3 is 2.71 bits per heavy atom. The van der Waals surface area contributed by atoms with Crippen LogP contribution >= 0.6 is 11.6 Å². The standard InChI is InChI=1S/C10H14ClN5O/c1-3-15(4-2)10-13-9-12-7(6-11)5-8(17)16(9)14-10/h5H,3-4,6H2,1-2H3,(H,12,13,14). The molecule has 17 heavy (non-hydrogen) atoms. The summed E-state index contributed by atoms with van der Waals surface area (Å²) in [5, 5.41) is 2.93. The maximum Gasteiger partial charge on any atom is 0.274 e. The van der Waals surface area contributed by atoms with Crippen LogP contribution in [0.5, 0.6) is 0 Å². The first-order chi connectivity index (χ1) is 8.19. The van der Waals surface area contributed by atoms with Crippen LogP contribution in [0.3, 0.4) is 0 Å². The summed E-state index contributed by atoms with van der Waals surface area (Å²) in [4.78, 5) is 22.2. The van der Waals surface area contributed by atoms with Gasteiger partial charge in [-0.1, -0.05) is 0 Å². The molecular formula is C10H14ClN5O. The van der Waals surface area contributed by atoms with E-state index in [-0.39, 0.29) is 11.4 Å². The Morgan fingerprint density at radius 2 is 2.12 bits per heavy atom. The third-order valence-corrected chi connectivity index (χ3v) is 2.85. The molecule has 1 N–H and O–H groups in total. The Labute approximate surface area is 103 Å². The van der Waals surface area contributed by atoms with Crippen LogP contribution in [0.4, 0.5) is 5.95 Å². The highest BCUT2D eigenvalue weighted by atomic mass is 35.5. The van der Waals surface area contributed by atoms with Crippen LogP contribution in [0.1, 0.15) is 19.5 Å². The van der Waals surface area contributed by atoms with Gasteiger partial charge in [-0.15, -0.1) is 11.6 Å². The number of aromatic amines is 1. The lowest BCUT2D eigenvalue weighted by Gasteiger charge is -2.15. The molecule has 0 saturated heterocycles. The highest BCUT2D eigenvalue weighted by Gasteiger charge is 2.10. The Hall–Kier alpha value is -1.56. The molecule has 2 heterocycles. The molecule has 0 radical (unpaired) electrons. The van der Waals surface area contributed by atoms with Crippen LogP contribution < -0.4 is 10.5 Å².